The topological polar surface area (TPSA) is 26.0 Å². The summed E-state index contributed by atoms with van der Waals surface area (Å²) in [6.45, 7) is 0. The Bertz CT molecular complexity index is 223. The van der Waals surface area contributed by atoms with Crippen molar-refractivity contribution in [3.05, 3.63) is 27.1 Å². The predicted molar refractivity (Wildman–Crippen MR) is 53.0 cm³/mol. The number of hydrogen-bond acceptors (Lipinski definition) is 1. The molecule has 0 aliphatic rings. The van der Waals surface area contributed by atoms with Gasteiger partial charge in [-0.25, -0.2) is 0 Å². The summed E-state index contributed by atoms with van der Waals surface area (Å²) in [5.41, 5.74) is 6.25. The molecule has 0 fully saturated rings. The van der Waals surface area contributed by atoms with Gasteiger partial charge in [0.25, 0.3) is 0 Å². The normalized spacial score (nSPS) is 8.60. The lowest BCUT2D eigenvalue weighted by Gasteiger charge is -1.95. The molecule has 0 unspecified atom stereocenters. The molecule has 2 N–H and O–H groups in total. The van der Waals surface area contributed by atoms with E-state index in [1.165, 1.54) is 0 Å². The Labute approximate surface area is 77.9 Å². The van der Waals surface area contributed by atoms with Crippen LogP contribution in [0.4, 0.5) is 5.69 Å². The highest BCUT2D eigenvalue weighted by Crippen LogP contribution is 2.24. The average Bonchev–Trinajstić information content (AvgIpc) is 1.80. The number of rotatable bonds is 0. The molecule has 1 aromatic rings. The Morgan fingerprint density at radius 3 is 2.10 bits per heavy atom. The molecule has 0 bridgehead atoms. The van der Waals surface area contributed by atoms with Gasteiger partial charge in [0.05, 0.1) is 0 Å². The molecule has 1 aromatic carbocycles. The molecule has 1 rings (SSSR count). The summed E-state index contributed by atoms with van der Waals surface area (Å²) in [5, 5.41) is 0. The summed E-state index contributed by atoms with van der Waals surface area (Å²) >= 11 is 6.65. The van der Waals surface area contributed by atoms with Gasteiger partial charge in [-0.05, 0) is 50.1 Å². The molecule has 0 spiro atoms. The van der Waals surface area contributed by atoms with Crippen molar-refractivity contribution in [1.82, 2.24) is 0 Å². The van der Waals surface area contributed by atoms with Crippen LogP contribution in [0.5, 0.6) is 0 Å². The fraction of sp³-hybridized carbons (Fsp3) is 0.143. The fourth-order valence-corrected chi connectivity index (χ4v) is 1.16. The van der Waals surface area contributed by atoms with Gasteiger partial charge in [0.2, 0.25) is 0 Å². The van der Waals surface area contributed by atoms with E-state index in [2.05, 4.69) is 31.9 Å². The Hall–Kier alpha value is -0.0200. The van der Waals surface area contributed by atoms with Gasteiger partial charge in [-0.1, -0.05) is 7.43 Å². The minimum atomic E-state index is 0. The first kappa shape index (κ1) is 9.98. The first-order chi connectivity index (χ1) is 4.20. The third kappa shape index (κ3) is 2.31. The Morgan fingerprint density at radius 1 is 1.10 bits per heavy atom. The SMILES string of the molecule is C.Nc1ccc(Br)c(Br)c1. The lowest BCUT2D eigenvalue weighted by Crippen LogP contribution is -1.82. The minimum absolute atomic E-state index is 0. The number of nitrogen functional groups attached to an aromatic ring is 1. The van der Waals surface area contributed by atoms with E-state index in [1.54, 1.807) is 0 Å². The minimum Gasteiger partial charge on any atom is -0.399 e. The van der Waals surface area contributed by atoms with Gasteiger partial charge in [-0.15, -0.1) is 0 Å². The van der Waals surface area contributed by atoms with Gasteiger partial charge in [0, 0.05) is 14.6 Å². The highest BCUT2D eigenvalue weighted by Gasteiger charge is 1.93. The lowest BCUT2D eigenvalue weighted by molar-refractivity contribution is 1.58. The predicted octanol–water partition coefficient (Wildman–Crippen LogP) is 3.43. The molecule has 0 atom stereocenters. The second-order valence-corrected chi connectivity index (χ2v) is 3.38. The van der Waals surface area contributed by atoms with Crippen molar-refractivity contribution >= 4 is 37.5 Å². The average molecular weight is 267 g/mol. The molecule has 0 radical (unpaired) electrons. The van der Waals surface area contributed by atoms with Crippen molar-refractivity contribution in [3.63, 3.8) is 0 Å². The van der Waals surface area contributed by atoms with Crippen LogP contribution < -0.4 is 5.73 Å². The van der Waals surface area contributed by atoms with Gasteiger partial charge in [-0.3, -0.25) is 0 Å². The third-order valence-corrected chi connectivity index (χ3v) is 2.82. The van der Waals surface area contributed by atoms with Crippen LogP contribution in [0, 0.1) is 0 Å². The van der Waals surface area contributed by atoms with E-state index in [-0.39, 0.29) is 7.43 Å². The fourth-order valence-electron chi connectivity index (χ4n) is 0.512. The second kappa shape index (κ2) is 3.98. The maximum Gasteiger partial charge on any atom is 0.0337 e. The summed E-state index contributed by atoms with van der Waals surface area (Å²) in [5.74, 6) is 0. The van der Waals surface area contributed by atoms with Crippen LogP contribution in [-0.4, -0.2) is 0 Å². The van der Waals surface area contributed by atoms with Crippen molar-refractivity contribution in [1.29, 1.82) is 0 Å². The van der Waals surface area contributed by atoms with Crippen LogP contribution in [0.2, 0.25) is 0 Å². The summed E-state index contributed by atoms with van der Waals surface area (Å²) in [4.78, 5) is 0. The molecule has 3 heteroatoms. The number of benzene rings is 1. The molecule has 10 heavy (non-hydrogen) atoms. The molecule has 1 nitrogen and oxygen atoms in total. The van der Waals surface area contributed by atoms with E-state index in [9.17, 15) is 0 Å². The molecule has 0 aliphatic carbocycles. The van der Waals surface area contributed by atoms with Crippen molar-refractivity contribution in [3.8, 4) is 0 Å². The Kier molecular flexibility index (Phi) is 3.98. The maximum atomic E-state index is 5.48. The van der Waals surface area contributed by atoms with Crippen molar-refractivity contribution in [2.75, 3.05) is 5.73 Å². The van der Waals surface area contributed by atoms with Crippen molar-refractivity contribution < 1.29 is 0 Å². The standard InChI is InChI=1S/C6H5Br2N.CH4/c7-5-2-1-4(9)3-6(5)8;/h1-3H,9H2;1H4. The van der Waals surface area contributed by atoms with E-state index in [4.69, 9.17) is 5.73 Å². The lowest BCUT2D eigenvalue weighted by atomic mass is 10.3. The highest BCUT2D eigenvalue weighted by molar-refractivity contribution is 9.13. The number of anilines is 1. The van der Waals surface area contributed by atoms with Crippen LogP contribution in [0.25, 0.3) is 0 Å². The van der Waals surface area contributed by atoms with Gasteiger partial charge in [-0.2, -0.15) is 0 Å². The van der Waals surface area contributed by atoms with E-state index in [0.29, 0.717) is 0 Å². The van der Waals surface area contributed by atoms with Gasteiger partial charge >= 0.3 is 0 Å². The van der Waals surface area contributed by atoms with Crippen molar-refractivity contribution in [2.24, 2.45) is 0 Å². The first-order valence-corrected chi connectivity index (χ1v) is 3.99. The van der Waals surface area contributed by atoms with Crippen molar-refractivity contribution in [2.45, 2.75) is 7.43 Å². The molecule has 0 saturated carbocycles. The zero-order valence-electron chi connectivity index (χ0n) is 4.57. The zero-order valence-corrected chi connectivity index (χ0v) is 7.74. The zero-order chi connectivity index (χ0) is 6.85. The van der Waals surface area contributed by atoms with Gasteiger partial charge in [0.1, 0.15) is 0 Å². The summed E-state index contributed by atoms with van der Waals surface area (Å²) in [6.07, 6.45) is 0. The number of hydrogen-bond donors (Lipinski definition) is 1. The molecule has 0 aliphatic heterocycles. The number of nitrogens with two attached hydrogens (primary N) is 1. The molecular formula is C7H9Br2N. The Morgan fingerprint density at radius 2 is 1.70 bits per heavy atom. The molecule has 0 saturated heterocycles. The van der Waals surface area contributed by atoms with Crippen LogP contribution in [0.3, 0.4) is 0 Å². The first-order valence-electron chi connectivity index (χ1n) is 2.40. The summed E-state index contributed by atoms with van der Waals surface area (Å²) in [7, 11) is 0. The van der Waals surface area contributed by atoms with Crippen LogP contribution in [-0.2, 0) is 0 Å². The number of halogens is 2. The highest BCUT2D eigenvalue weighted by atomic mass is 79.9. The monoisotopic (exact) mass is 265 g/mol. The summed E-state index contributed by atoms with van der Waals surface area (Å²) < 4.78 is 2.01. The van der Waals surface area contributed by atoms with Crippen LogP contribution in [0.1, 0.15) is 7.43 Å². The second-order valence-electron chi connectivity index (χ2n) is 1.67. The molecule has 0 heterocycles. The van der Waals surface area contributed by atoms with Crippen LogP contribution >= 0.6 is 31.9 Å². The van der Waals surface area contributed by atoms with E-state index >= 15 is 0 Å². The molecule has 0 amide bonds. The molecule has 0 aromatic heterocycles. The van der Waals surface area contributed by atoms with E-state index < -0.39 is 0 Å². The maximum absolute atomic E-state index is 5.48. The van der Waals surface area contributed by atoms with Gasteiger partial charge < -0.3 is 5.73 Å². The largest absolute Gasteiger partial charge is 0.399 e. The molecule has 56 valence electrons. The molecular weight excluding hydrogens is 258 g/mol. The quantitative estimate of drug-likeness (QED) is 0.716. The van der Waals surface area contributed by atoms with Gasteiger partial charge in [0.15, 0.2) is 0 Å². The van der Waals surface area contributed by atoms with E-state index in [1.807, 2.05) is 18.2 Å². The Balaban J connectivity index is 0.000000810. The van der Waals surface area contributed by atoms with E-state index in [0.717, 1.165) is 14.6 Å². The summed E-state index contributed by atoms with van der Waals surface area (Å²) in [6, 6.07) is 5.60. The smallest absolute Gasteiger partial charge is 0.0337 e. The third-order valence-electron chi connectivity index (χ3n) is 0.944. The van der Waals surface area contributed by atoms with Crippen LogP contribution in [0.15, 0.2) is 27.1 Å².